The standard InChI is InChI=1S/C17H29N3O3/c1-13(21)18-6-8-19(9-7-18)15-11-20(12-16(15)22)17(23)10-14-4-2-3-5-14/h14-16,22H,2-12H2,1H3/t15-,16-/m1/s1. The molecule has 6 heteroatoms. The first-order chi connectivity index (χ1) is 11.0. The van der Waals surface area contributed by atoms with Crippen LogP contribution in [0.1, 0.15) is 39.0 Å². The van der Waals surface area contributed by atoms with Gasteiger partial charge in [-0.05, 0) is 18.8 Å². The first-order valence-corrected chi connectivity index (χ1v) is 9.00. The summed E-state index contributed by atoms with van der Waals surface area (Å²) in [5.74, 6) is 0.878. The molecule has 6 nitrogen and oxygen atoms in total. The number of amides is 2. The summed E-state index contributed by atoms with van der Waals surface area (Å²) < 4.78 is 0. The second kappa shape index (κ2) is 7.18. The molecule has 0 bridgehead atoms. The predicted octanol–water partition coefficient (Wildman–Crippen LogP) is 0.303. The third-order valence-corrected chi connectivity index (χ3v) is 5.78. The van der Waals surface area contributed by atoms with E-state index in [1.165, 1.54) is 25.7 Å². The van der Waals surface area contributed by atoms with Crippen LogP contribution in [-0.4, -0.2) is 83.0 Å². The van der Waals surface area contributed by atoms with Crippen molar-refractivity contribution in [1.29, 1.82) is 0 Å². The molecular formula is C17H29N3O3. The minimum Gasteiger partial charge on any atom is -0.390 e. The number of hydrogen-bond acceptors (Lipinski definition) is 4. The number of piperazine rings is 1. The van der Waals surface area contributed by atoms with E-state index in [4.69, 9.17) is 0 Å². The number of rotatable bonds is 3. The molecule has 23 heavy (non-hydrogen) atoms. The van der Waals surface area contributed by atoms with Gasteiger partial charge in [0.05, 0.1) is 12.1 Å². The largest absolute Gasteiger partial charge is 0.390 e. The Morgan fingerprint density at radius 3 is 2.26 bits per heavy atom. The molecule has 3 rings (SSSR count). The zero-order valence-electron chi connectivity index (χ0n) is 14.1. The summed E-state index contributed by atoms with van der Waals surface area (Å²) >= 11 is 0. The van der Waals surface area contributed by atoms with Crippen molar-refractivity contribution in [3.63, 3.8) is 0 Å². The molecule has 2 amide bonds. The minimum absolute atomic E-state index is 0.0247. The topological polar surface area (TPSA) is 64.1 Å². The summed E-state index contributed by atoms with van der Waals surface area (Å²) in [7, 11) is 0. The van der Waals surface area contributed by atoms with E-state index in [2.05, 4.69) is 4.90 Å². The van der Waals surface area contributed by atoms with Crippen molar-refractivity contribution in [3.05, 3.63) is 0 Å². The van der Waals surface area contributed by atoms with Gasteiger partial charge in [-0.15, -0.1) is 0 Å². The Balaban J connectivity index is 1.50. The fraction of sp³-hybridized carbons (Fsp3) is 0.882. The molecule has 2 heterocycles. The molecular weight excluding hydrogens is 294 g/mol. The first-order valence-electron chi connectivity index (χ1n) is 9.00. The normalized spacial score (nSPS) is 30.2. The van der Waals surface area contributed by atoms with Crippen molar-refractivity contribution < 1.29 is 14.7 Å². The highest BCUT2D eigenvalue weighted by molar-refractivity contribution is 5.77. The van der Waals surface area contributed by atoms with E-state index in [9.17, 15) is 14.7 Å². The summed E-state index contributed by atoms with van der Waals surface area (Å²) in [6.07, 6.45) is 5.05. The van der Waals surface area contributed by atoms with Gasteiger partial charge in [0.1, 0.15) is 0 Å². The molecule has 3 fully saturated rings. The third kappa shape index (κ3) is 3.86. The molecule has 0 spiro atoms. The van der Waals surface area contributed by atoms with Gasteiger partial charge in [0, 0.05) is 52.6 Å². The van der Waals surface area contributed by atoms with Gasteiger partial charge in [0.2, 0.25) is 11.8 Å². The van der Waals surface area contributed by atoms with E-state index in [-0.39, 0.29) is 17.9 Å². The molecule has 2 saturated heterocycles. The average molecular weight is 323 g/mol. The van der Waals surface area contributed by atoms with Crippen molar-refractivity contribution in [2.45, 2.75) is 51.2 Å². The van der Waals surface area contributed by atoms with E-state index >= 15 is 0 Å². The van der Waals surface area contributed by atoms with E-state index in [0.29, 0.717) is 38.5 Å². The van der Waals surface area contributed by atoms with Gasteiger partial charge in [0.25, 0.3) is 0 Å². The molecule has 0 radical (unpaired) electrons. The SMILES string of the molecule is CC(=O)N1CCN([C@@H]2CN(C(=O)CC3CCCC3)C[C@H]2O)CC1. The first kappa shape index (κ1) is 16.7. The molecule has 1 N–H and O–H groups in total. The summed E-state index contributed by atoms with van der Waals surface area (Å²) in [5.41, 5.74) is 0. The number of β-amino-alcohol motifs (C(OH)–C–C–N with tert-alkyl or cyclic N) is 1. The van der Waals surface area contributed by atoms with Crippen LogP contribution in [-0.2, 0) is 9.59 Å². The van der Waals surface area contributed by atoms with Crippen molar-refractivity contribution in [2.24, 2.45) is 5.92 Å². The van der Waals surface area contributed by atoms with Crippen LogP contribution in [0.15, 0.2) is 0 Å². The highest BCUT2D eigenvalue weighted by Crippen LogP contribution is 2.29. The zero-order chi connectivity index (χ0) is 16.4. The number of carbonyl (C=O) groups excluding carboxylic acids is 2. The van der Waals surface area contributed by atoms with Crippen molar-refractivity contribution >= 4 is 11.8 Å². The second-order valence-electron chi connectivity index (χ2n) is 7.33. The zero-order valence-corrected chi connectivity index (χ0v) is 14.1. The molecule has 2 aliphatic heterocycles. The van der Waals surface area contributed by atoms with Crippen LogP contribution in [0.3, 0.4) is 0 Å². The molecule has 0 aromatic rings. The highest BCUT2D eigenvalue weighted by atomic mass is 16.3. The summed E-state index contributed by atoms with van der Waals surface area (Å²) in [6.45, 7) is 5.69. The van der Waals surface area contributed by atoms with Gasteiger partial charge in [-0.2, -0.15) is 0 Å². The number of carbonyl (C=O) groups is 2. The van der Waals surface area contributed by atoms with Crippen LogP contribution >= 0.6 is 0 Å². The number of hydrogen-bond donors (Lipinski definition) is 1. The van der Waals surface area contributed by atoms with E-state index in [1.807, 2.05) is 9.80 Å². The van der Waals surface area contributed by atoms with Crippen LogP contribution in [0.5, 0.6) is 0 Å². The molecule has 0 aromatic heterocycles. The third-order valence-electron chi connectivity index (χ3n) is 5.78. The predicted molar refractivity (Wildman–Crippen MR) is 86.8 cm³/mol. The smallest absolute Gasteiger partial charge is 0.222 e. The lowest BCUT2D eigenvalue weighted by Crippen LogP contribution is -2.54. The monoisotopic (exact) mass is 323 g/mol. The van der Waals surface area contributed by atoms with Crippen LogP contribution < -0.4 is 0 Å². The maximum atomic E-state index is 12.5. The number of nitrogens with zero attached hydrogens (tertiary/aromatic N) is 3. The molecule has 3 aliphatic rings. The Morgan fingerprint density at radius 2 is 1.65 bits per heavy atom. The van der Waals surface area contributed by atoms with Gasteiger partial charge in [-0.25, -0.2) is 0 Å². The molecule has 0 aromatic carbocycles. The summed E-state index contributed by atoms with van der Waals surface area (Å²) in [5, 5.41) is 10.4. The van der Waals surface area contributed by atoms with Gasteiger partial charge in [-0.1, -0.05) is 12.8 Å². The number of aliphatic hydroxyl groups is 1. The Hall–Kier alpha value is -1.14. The second-order valence-corrected chi connectivity index (χ2v) is 7.33. The van der Waals surface area contributed by atoms with E-state index in [0.717, 1.165) is 13.1 Å². The summed E-state index contributed by atoms with van der Waals surface area (Å²) in [6, 6.07) is 0.0247. The van der Waals surface area contributed by atoms with Gasteiger partial charge in [0.15, 0.2) is 0 Å². The quantitative estimate of drug-likeness (QED) is 0.811. The number of aliphatic hydroxyl groups excluding tert-OH is 1. The Morgan fingerprint density at radius 1 is 1.00 bits per heavy atom. The van der Waals surface area contributed by atoms with Crippen molar-refractivity contribution in [2.75, 3.05) is 39.3 Å². The van der Waals surface area contributed by atoms with Crippen molar-refractivity contribution in [3.8, 4) is 0 Å². The Labute approximate surface area is 138 Å². The fourth-order valence-electron chi connectivity index (χ4n) is 4.29. The van der Waals surface area contributed by atoms with Crippen LogP contribution in [0.4, 0.5) is 0 Å². The van der Waals surface area contributed by atoms with Crippen LogP contribution in [0.25, 0.3) is 0 Å². The maximum Gasteiger partial charge on any atom is 0.222 e. The lowest BCUT2D eigenvalue weighted by Gasteiger charge is -2.38. The van der Waals surface area contributed by atoms with Crippen LogP contribution in [0.2, 0.25) is 0 Å². The van der Waals surface area contributed by atoms with Gasteiger partial charge < -0.3 is 14.9 Å². The Kier molecular flexibility index (Phi) is 5.21. The molecule has 2 atom stereocenters. The number of likely N-dealkylation sites (tertiary alicyclic amines) is 1. The Bertz CT molecular complexity index is 442. The molecule has 1 aliphatic carbocycles. The average Bonchev–Trinajstić information content (AvgIpc) is 3.17. The highest BCUT2D eigenvalue weighted by Gasteiger charge is 2.39. The maximum absolute atomic E-state index is 12.5. The van der Waals surface area contributed by atoms with Gasteiger partial charge >= 0.3 is 0 Å². The fourth-order valence-corrected chi connectivity index (χ4v) is 4.29. The minimum atomic E-state index is -0.466. The van der Waals surface area contributed by atoms with E-state index in [1.54, 1.807) is 6.92 Å². The van der Waals surface area contributed by atoms with Crippen molar-refractivity contribution in [1.82, 2.24) is 14.7 Å². The molecule has 130 valence electrons. The van der Waals surface area contributed by atoms with Crippen LogP contribution in [0, 0.1) is 5.92 Å². The lowest BCUT2D eigenvalue weighted by atomic mass is 10.0. The lowest BCUT2D eigenvalue weighted by molar-refractivity contribution is -0.131. The summed E-state index contributed by atoms with van der Waals surface area (Å²) in [4.78, 5) is 29.8. The molecule has 0 unspecified atom stereocenters. The molecule has 1 saturated carbocycles. The van der Waals surface area contributed by atoms with E-state index < -0.39 is 6.10 Å². The van der Waals surface area contributed by atoms with Gasteiger partial charge in [-0.3, -0.25) is 14.5 Å².